The van der Waals surface area contributed by atoms with Gasteiger partial charge in [0.15, 0.2) is 0 Å². The van der Waals surface area contributed by atoms with E-state index >= 15 is 0 Å². The van der Waals surface area contributed by atoms with Crippen molar-refractivity contribution >= 4 is 23.2 Å². The fraction of sp³-hybridized carbons (Fsp3) is 0.615. The Morgan fingerprint density at radius 3 is 2.58 bits per heavy atom. The Morgan fingerprint density at radius 2 is 2.05 bits per heavy atom. The Labute approximate surface area is 115 Å². The molecule has 1 aromatic heterocycles. The summed E-state index contributed by atoms with van der Waals surface area (Å²) in [6.07, 6.45) is 3.86. The maximum atomic E-state index is 12.4. The number of aromatic nitrogens is 1. The first-order chi connectivity index (χ1) is 9.15. The third kappa shape index (κ3) is 2.36. The van der Waals surface area contributed by atoms with Gasteiger partial charge in [-0.3, -0.25) is 9.59 Å². The van der Waals surface area contributed by atoms with Gasteiger partial charge in [-0.15, -0.1) is 11.3 Å². The van der Waals surface area contributed by atoms with Crippen LogP contribution in [0.5, 0.6) is 0 Å². The van der Waals surface area contributed by atoms with Crippen LogP contribution in [0.15, 0.2) is 10.9 Å². The zero-order valence-corrected chi connectivity index (χ0v) is 11.3. The minimum absolute atomic E-state index is 0.0162. The van der Waals surface area contributed by atoms with Crippen molar-refractivity contribution in [3.8, 4) is 0 Å². The summed E-state index contributed by atoms with van der Waals surface area (Å²) in [6.45, 7) is 0. The van der Waals surface area contributed by atoms with Crippen LogP contribution in [0.3, 0.4) is 0 Å². The van der Waals surface area contributed by atoms with Gasteiger partial charge in [-0.25, -0.2) is 4.98 Å². The molecule has 19 heavy (non-hydrogen) atoms. The van der Waals surface area contributed by atoms with E-state index in [1.807, 2.05) is 4.90 Å². The molecule has 2 fully saturated rings. The van der Waals surface area contributed by atoms with E-state index in [1.54, 1.807) is 10.9 Å². The van der Waals surface area contributed by atoms with Gasteiger partial charge in [-0.1, -0.05) is 0 Å². The second-order valence-electron chi connectivity index (χ2n) is 5.41. The molecular weight excluding hydrogens is 264 g/mol. The van der Waals surface area contributed by atoms with Crippen LogP contribution in [0.25, 0.3) is 0 Å². The van der Waals surface area contributed by atoms with Crippen molar-refractivity contribution in [1.82, 2.24) is 9.88 Å². The van der Waals surface area contributed by atoms with Crippen molar-refractivity contribution in [3.63, 3.8) is 0 Å². The topological polar surface area (TPSA) is 70.5 Å². The summed E-state index contributed by atoms with van der Waals surface area (Å²) in [5, 5.41) is 10.7. The molecule has 3 heterocycles. The number of carbonyl (C=O) groups is 2. The predicted molar refractivity (Wildman–Crippen MR) is 70.1 cm³/mol. The van der Waals surface area contributed by atoms with Crippen LogP contribution in [0.2, 0.25) is 0 Å². The van der Waals surface area contributed by atoms with Gasteiger partial charge in [0.05, 0.1) is 5.51 Å². The van der Waals surface area contributed by atoms with Crippen molar-refractivity contribution in [3.05, 3.63) is 16.6 Å². The third-order valence-electron chi connectivity index (χ3n) is 4.18. The van der Waals surface area contributed by atoms with Crippen LogP contribution in [0.4, 0.5) is 0 Å². The average Bonchev–Trinajstić information content (AvgIpc) is 2.95. The van der Waals surface area contributed by atoms with Gasteiger partial charge < -0.3 is 10.0 Å². The van der Waals surface area contributed by atoms with Gasteiger partial charge in [0.1, 0.15) is 5.69 Å². The zero-order chi connectivity index (χ0) is 13.4. The Kier molecular flexibility index (Phi) is 3.26. The highest BCUT2D eigenvalue weighted by Gasteiger charge is 2.44. The van der Waals surface area contributed by atoms with E-state index in [0.717, 1.165) is 25.7 Å². The Balaban J connectivity index is 1.73. The van der Waals surface area contributed by atoms with Crippen LogP contribution in [-0.2, 0) is 4.79 Å². The Bertz CT molecular complexity index is 474. The molecule has 3 rings (SSSR count). The first kappa shape index (κ1) is 12.6. The number of piperidine rings is 1. The predicted octanol–water partition coefficient (Wildman–Crippen LogP) is 2.00. The van der Waals surface area contributed by atoms with Crippen molar-refractivity contribution in [2.45, 2.75) is 44.2 Å². The molecule has 0 aliphatic carbocycles. The van der Waals surface area contributed by atoms with Crippen molar-refractivity contribution in [2.75, 3.05) is 0 Å². The minimum Gasteiger partial charge on any atom is -0.481 e. The highest BCUT2D eigenvalue weighted by atomic mass is 32.1. The van der Waals surface area contributed by atoms with Crippen LogP contribution >= 0.6 is 11.3 Å². The molecule has 2 aliphatic rings. The monoisotopic (exact) mass is 280 g/mol. The van der Waals surface area contributed by atoms with E-state index in [9.17, 15) is 9.59 Å². The number of hydrogen-bond donors (Lipinski definition) is 1. The molecule has 6 heteroatoms. The van der Waals surface area contributed by atoms with Gasteiger partial charge in [0, 0.05) is 23.9 Å². The van der Waals surface area contributed by atoms with Crippen LogP contribution < -0.4 is 0 Å². The molecule has 0 saturated carbocycles. The molecule has 0 radical (unpaired) electrons. The fourth-order valence-electron chi connectivity index (χ4n) is 3.49. The average molecular weight is 280 g/mol. The smallest absolute Gasteiger partial charge is 0.303 e. The van der Waals surface area contributed by atoms with Crippen LogP contribution in [0.1, 0.15) is 42.6 Å². The quantitative estimate of drug-likeness (QED) is 0.919. The standard InChI is InChI=1S/C13H16N2O3S/c16-12(17)5-8-3-9-1-2-10(4-8)15(9)13(18)11-6-19-7-14-11/h6-10H,1-5H2,(H,16,17). The molecule has 5 nitrogen and oxygen atoms in total. The van der Waals surface area contributed by atoms with Crippen molar-refractivity contribution in [2.24, 2.45) is 5.92 Å². The zero-order valence-electron chi connectivity index (χ0n) is 10.5. The number of thiazole rings is 1. The summed E-state index contributed by atoms with van der Waals surface area (Å²) in [5.41, 5.74) is 2.20. The number of fused-ring (bicyclic) bond motifs is 2. The van der Waals surface area contributed by atoms with Crippen LogP contribution in [0, 0.1) is 5.92 Å². The van der Waals surface area contributed by atoms with Gasteiger partial charge in [0.25, 0.3) is 5.91 Å². The number of rotatable bonds is 3. The van der Waals surface area contributed by atoms with E-state index in [2.05, 4.69) is 4.98 Å². The Morgan fingerprint density at radius 1 is 1.37 bits per heavy atom. The molecule has 2 aliphatic heterocycles. The fourth-order valence-corrected chi connectivity index (χ4v) is 4.01. The number of hydrogen-bond acceptors (Lipinski definition) is 4. The second kappa shape index (κ2) is 4.92. The van der Waals surface area contributed by atoms with Crippen LogP contribution in [-0.4, -0.2) is 39.0 Å². The number of nitrogens with zero attached hydrogens (tertiary/aromatic N) is 2. The summed E-state index contributed by atoms with van der Waals surface area (Å²) < 4.78 is 0. The summed E-state index contributed by atoms with van der Waals surface area (Å²) >= 11 is 1.43. The van der Waals surface area contributed by atoms with Gasteiger partial charge in [-0.2, -0.15) is 0 Å². The molecule has 102 valence electrons. The first-order valence-electron chi connectivity index (χ1n) is 6.58. The molecule has 2 atom stereocenters. The molecule has 2 unspecified atom stereocenters. The summed E-state index contributed by atoms with van der Waals surface area (Å²) in [5.74, 6) is -0.499. The molecule has 1 aromatic rings. The lowest BCUT2D eigenvalue weighted by atomic mass is 9.88. The van der Waals surface area contributed by atoms with E-state index < -0.39 is 5.97 Å². The number of carboxylic acids is 1. The molecule has 0 aromatic carbocycles. The number of aliphatic carboxylic acids is 1. The minimum atomic E-state index is -0.733. The van der Waals surface area contributed by atoms with Gasteiger partial charge in [0.2, 0.25) is 0 Å². The number of amides is 1. The largest absolute Gasteiger partial charge is 0.481 e. The third-order valence-corrected chi connectivity index (χ3v) is 4.77. The summed E-state index contributed by atoms with van der Waals surface area (Å²) in [6, 6.07) is 0.412. The molecule has 1 amide bonds. The lowest BCUT2D eigenvalue weighted by Gasteiger charge is -2.38. The SMILES string of the molecule is O=C(O)CC1CC2CCC(C1)N2C(=O)c1cscn1. The number of carbonyl (C=O) groups excluding carboxylic acids is 1. The van der Waals surface area contributed by atoms with E-state index in [-0.39, 0.29) is 30.3 Å². The lowest BCUT2D eigenvalue weighted by molar-refractivity contribution is -0.138. The maximum absolute atomic E-state index is 12.4. The lowest BCUT2D eigenvalue weighted by Crippen LogP contribution is -2.47. The van der Waals surface area contributed by atoms with Crippen molar-refractivity contribution < 1.29 is 14.7 Å². The second-order valence-corrected chi connectivity index (χ2v) is 6.13. The molecule has 2 bridgehead atoms. The van der Waals surface area contributed by atoms with E-state index in [0.29, 0.717) is 5.69 Å². The van der Waals surface area contributed by atoms with E-state index in [1.165, 1.54) is 11.3 Å². The highest BCUT2D eigenvalue weighted by molar-refractivity contribution is 7.07. The molecule has 0 spiro atoms. The van der Waals surface area contributed by atoms with Gasteiger partial charge in [-0.05, 0) is 31.6 Å². The number of carboxylic acid groups (broad SMARTS) is 1. The first-order valence-corrected chi connectivity index (χ1v) is 7.52. The van der Waals surface area contributed by atoms with Crippen molar-refractivity contribution in [1.29, 1.82) is 0 Å². The summed E-state index contributed by atoms with van der Waals surface area (Å²) in [7, 11) is 0. The normalized spacial score (nSPS) is 29.5. The molecular formula is C13H16N2O3S. The summed E-state index contributed by atoms with van der Waals surface area (Å²) in [4.78, 5) is 29.3. The molecule has 1 N–H and O–H groups in total. The highest BCUT2D eigenvalue weighted by Crippen LogP contribution is 2.40. The Hall–Kier alpha value is -1.43. The van der Waals surface area contributed by atoms with E-state index in [4.69, 9.17) is 5.11 Å². The molecule has 2 saturated heterocycles. The maximum Gasteiger partial charge on any atom is 0.303 e. The van der Waals surface area contributed by atoms with Gasteiger partial charge >= 0.3 is 5.97 Å².